The summed E-state index contributed by atoms with van der Waals surface area (Å²) in [7, 11) is 0. The minimum atomic E-state index is -0.429. The van der Waals surface area contributed by atoms with Crippen molar-refractivity contribution in [1.29, 1.82) is 0 Å². The molecule has 134 valence electrons. The number of benzene rings is 2. The first-order chi connectivity index (χ1) is 13.0. The van der Waals surface area contributed by atoms with Gasteiger partial charge < -0.3 is 15.6 Å². The highest BCUT2D eigenvalue weighted by Crippen LogP contribution is 2.26. The Balaban J connectivity index is 1.75. The van der Waals surface area contributed by atoms with Crippen molar-refractivity contribution < 1.29 is 9.59 Å². The summed E-state index contributed by atoms with van der Waals surface area (Å²) in [6, 6.07) is 16.9. The monoisotopic (exact) mass is 376 g/mol. The van der Waals surface area contributed by atoms with Gasteiger partial charge in [-0.05, 0) is 36.5 Å². The van der Waals surface area contributed by atoms with Crippen molar-refractivity contribution in [3.05, 3.63) is 72.1 Å². The van der Waals surface area contributed by atoms with Gasteiger partial charge in [-0.2, -0.15) is 0 Å². The quantitative estimate of drug-likeness (QED) is 0.541. The molecule has 0 atom stereocenters. The number of thiocarbonyl (C=S) groups is 1. The molecule has 1 aliphatic heterocycles. The third-order valence-corrected chi connectivity index (χ3v) is 4.62. The maximum atomic E-state index is 12.9. The van der Waals surface area contributed by atoms with Gasteiger partial charge in [0.15, 0.2) is 5.11 Å². The molecule has 1 aromatic heterocycles. The number of primary amides is 1. The van der Waals surface area contributed by atoms with Gasteiger partial charge in [0.05, 0.1) is 5.69 Å². The Bertz CT molecular complexity index is 1100. The van der Waals surface area contributed by atoms with Crippen LogP contribution in [0.1, 0.15) is 5.56 Å². The van der Waals surface area contributed by atoms with Crippen LogP contribution in [0.25, 0.3) is 17.0 Å². The largest absolute Gasteiger partial charge is 0.368 e. The maximum Gasteiger partial charge on any atom is 0.281 e. The number of amides is 2. The molecule has 2 aromatic carbocycles. The van der Waals surface area contributed by atoms with Crippen molar-refractivity contribution in [2.45, 2.75) is 6.54 Å². The fourth-order valence-electron chi connectivity index (χ4n) is 3.19. The molecule has 0 bridgehead atoms. The normalized spacial score (nSPS) is 15.6. The van der Waals surface area contributed by atoms with E-state index in [4.69, 9.17) is 18.0 Å². The lowest BCUT2D eigenvalue weighted by molar-refractivity contribution is -0.118. The molecule has 4 rings (SSSR count). The molecule has 1 saturated heterocycles. The second-order valence-corrected chi connectivity index (χ2v) is 6.55. The van der Waals surface area contributed by atoms with E-state index in [-0.39, 0.29) is 12.5 Å². The number of rotatable bonds is 4. The second kappa shape index (κ2) is 6.69. The highest BCUT2D eigenvalue weighted by atomic mass is 32.1. The van der Waals surface area contributed by atoms with Gasteiger partial charge in [-0.1, -0.05) is 36.4 Å². The second-order valence-electron chi connectivity index (χ2n) is 6.16. The van der Waals surface area contributed by atoms with Gasteiger partial charge in [-0.15, -0.1) is 0 Å². The van der Waals surface area contributed by atoms with Crippen LogP contribution >= 0.6 is 12.2 Å². The molecule has 1 aliphatic rings. The van der Waals surface area contributed by atoms with Crippen molar-refractivity contribution in [3.8, 4) is 0 Å². The predicted octanol–water partition coefficient (Wildman–Crippen LogP) is 2.39. The van der Waals surface area contributed by atoms with E-state index < -0.39 is 5.91 Å². The number of carbonyl (C=O) groups excluding carboxylic acids is 2. The Kier molecular flexibility index (Phi) is 4.21. The fourth-order valence-corrected chi connectivity index (χ4v) is 3.49. The van der Waals surface area contributed by atoms with Crippen LogP contribution in [0, 0.1) is 0 Å². The minimum absolute atomic E-state index is 0.0691. The highest BCUT2D eigenvalue weighted by Gasteiger charge is 2.32. The molecular formula is C20H16N4O2S. The summed E-state index contributed by atoms with van der Waals surface area (Å²) in [5.74, 6) is -0.653. The maximum absolute atomic E-state index is 12.9. The number of hydrogen-bond donors (Lipinski definition) is 2. The zero-order valence-electron chi connectivity index (χ0n) is 14.3. The van der Waals surface area contributed by atoms with Crippen LogP contribution in [0.3, 0.4) is 0 Å². The summed E-state index contributed by atoms with van der Waals surface area (Å²) in [5.41, 5.74) is 8.11. The Morgan fingerprint density at radius 3 is 2.56 bits per heavy atom. The van der Waals surface area contributed by atoms with Crippen molar-refractivity contribution in [2.75, 3.05) is 4.90 Å². The highest BCUT2D eigenvalue weighted by molar-refractivity contribution is 7.80. The number of fused-ring (bicyclic) bond motifs is 1. The number of carbonyl (C=O) groups is 2. The van der Waals surface area contributed by atoms with Gasteiger partial charge in [0, 0.05) is 22.7 Å². The lowest BCUT2D eigenvalue weighted by Gasteiger charge is -2.13. The summed E-state index contributed by atoms with van der Waals surface area (Å²) in [6.07, 6.45) is 3.56. The molecule has 1 fully saturated rings. The zero-order valence-corrected chi connectivity index (χ0v) is 15.1. The van der Waals surface area contributed by atoms with E-state index in [9.17, 15) is 9.59 Å². The number of nitrogens with two attached hydrogens (primary N) is 1. The van der Waals surface area contributed by atoms with Crippen LogP contribution < -0.4 is 16.0 Å². The molecule has 0 unspecified atom stereocenters. The number of nitrogens with zero attached hydrogens (tertiary/aromatic N) is 2. The average molecular weight is 376 g/mol. The zero-order chi connectivity index (χ0) is 19.0. The first kappa shape index (κ1) is 17.0. The molecule has 2 heterocycles. The molecule has 27 heavy (non-hydrogen) atoms. The van der Waals surface area contributed by atoms with Gasteiger partial charge in [0.1, 0.15) is 12.2 Å². The van der Waals surface area contributed by atoms with Crippen LogP contribution in [-0.4, -0.2) is 21.5 Å². The third kappa shape index (κ3) is 3.09. The number of hydrogen-bond acceptors (Lipinski definition) is 3. The van der Waals surface area contributed by atoms with E-state index >= 15 is 0 Å². The van der Waals surface area contributed by atoms with E-state index in [1.165, 1.54) is 4.90 Å². The summed E-state index contributed by atoms with van der Waals surface area (Å²) in [5, 5.41) is 4.24. The summed E-state index contributed by atoms with van der Waals surface area (Å²) in [4.78, 5) is 25.7. The van der Waals surface area contributed by atoms with Gasteiger partial charge in [-0.3, -0.25) is 14.5 Å². The summed E-state index contributed by atoms with van der Waals surface area (Å²) < 4.78 is 1.77. The SMILES string of the molecule is NC(=O)Cn1cc(/C=C2\NC(=S)N(c3ccccc3)C2=O)c2ccccc21. The molecular weight excluding hydrogens is 360 g/mol. The standard InChI is InChI=1S/C20H16N4O2S/c21-18(25)12-23-11-13(15-8-4-5-9-17(15)23)10-16-19(26)24(20(27)22-16)14-6-2-1-3-7-14/h1-11H,12H2,(H2,21,25)(H,22,27)/b16-10-. The van der Waals surface area contributed by atoms with Crippen molar-refractivity contribution in [1.82, 2.24) is 9.88 Å². The van der Waals surface area contributed by atoms with Gasteiger partial charge in [0.25, 0.3) is 5.91 Å². The first-order valence-electron chi connectivity index (χ1n) is 8.33. The number of nitrogens with one attached hydrogen (secondary N) is 1. The van der Waals surface area contributed by atoms with Crippen LogP contribution in [-0.2, 0) is 16.1 Å². The molecule has 7 heteroatoms. The van der Waals surface area contributed by atoms with Gasteiger partial charge >= 0.3 is 0 Å². The van der Waals surface area contributed by atoms with E-state index in [0.29, 0.717) is 16.5 Å². The molecule has 3 aromatic rings. The summed E-state index contributed by atoms with van der Waals surface area (Å²) in [6.45, 7) is 0.0691. The molecule has 6 nitrogen and oxygen atoms in total. The fraction of sp³-hybridized carbons (Fsp3) is 0.0500. The Morgan fingerprint density at radius 1 is 1.11 bits per heavy atom. The third-order valence-electron chi connectivity index (χ3n) is 4.34. The smallest absolute Gasteiger partial charge is 0.281 e. The van der Waals surface area contributed by atoms with Crippen molar-refractivity contribution in [3.63, 3.8) is 0 Å². The molecule has 0 saturated carbocycles. The molecule has 3 N–H and O–H groups in total. The van der Waals surface area contributed by atoms with E-state index in [0.717, 1.165) is 16.5 Å². The lowest BCUT2D eigenvalue weighted by Crippen LogP contribution is -2.30. The Hall–Kier alpha value is -3.45. The Labute approximate surface area is 160 Å². The minimum Gasteiger partial charge on any atom is -0.368 e. The van der Waals surface area contributed by atoms with Crippen LogP contribution in [0.4, 0.5) is 5.69 Å². The van der Waals surface area contributed by atoms with Crippen LogP contribution in [0.15, 0.2) is 66.5 Å². The topological polar surface area (TPSA) is 80.4 Å². The predicted molar refractivity (Wildman–Crippen MR) is 109 cm³/mol. The summed E-state index contributed by atoms with van der Waals surface area (Å²) >= 11 is 5.34. The molecule has 2 amide bonds. The van der Waals surface area contributed by atoms with E-state index in [2.05, 4.69) is 5.32 Å². The van der Waals surface area contributed by atoms with Gasteiger partial charge in [-0.25, -0.2) is 0 Å². The first-order valence-corrected chi connectivity index (χ1v) is 8.74. The molecule has 0 radical (unpaired) electrons. The van der Waals surface area contributed by atoms with E-state index in [1.54, 1.807) is 10.6 Å². The number of aromatic nitrogens is 1. The molecule has 0 spiro atoms. The van der Waals surface area contributed by atoms with Crippen LogP contribution in [0.5, 0.6) is 0 Å². The lowest BCUT2D eigenvalue weighted by atomic mass is 10.1. The number of para-hydroxylation sites is 2. The number of anilines is 1. The van der Waals surface area contributed by atoms with E-state index in [1.807, 2.05) is 60.8 Å². The van der Waals surface area contributed by atoms with Crippen molar-refractivity contribution >= 4 is 51.8 Å². The molecule has 0 aliphatic carbocycles. The van der Waals surface area contributed by atoms with Crippen molar-refractivity contribution in [2.24, 2.45) is 5.73 Å². The average Bonchev–Trinajstić information content (AvgIpc) is 3.13. The van der Waals surface area contributed by atoms with Gasteiger partial charge in [0.2, 0.25) is 5.91 Å². The Morgan fingerprint density at radius 2 is 1.81 bits per heavy atom. The van der Waals surface area contributed by atoms with Crippen LogP contribution in [0.2, 0.25) is 0 Å².